The van der Waals surface area contributed by atoms with Crippen molar-refractivity contribution < 1.29 is 9.90 Å². The van der Waals surface area contributed by atoms with E-state index in [-0.39, 0.29) is 5.91 Å². The van der Waals surface area contributed by atoms with E-state index < -0.39 is 6.10 Å². The summed E-state index contributed by atoms with van der Waals surface area (Å²) >= 11 is 0. The van der Waals surface area contributed by atoms with Gasteiger partial charge < -0.3 is 15.7 Å². The molecule has 0 heterocycles. The van der Waals surface area contributed by atoms with Gasteiger partial charge in [-0.25, -0.2) is 0 Å². The molecule has 0 aromatic carbocycles. The van der Waals surface area contributed by atoms with E-state index in [1.165, 1.54) is 0 Å². The maximum Gasteiger partial charge on any atom is 0.221 e. The van der Waals surface area contributed by atoms with Gasteiger partial charge in [-0.15, -0.1) is 0 Å². The minimum atomic E-state index is -0.423. The molecule has 0 bridgehead atoms. The Morgan fingerprint density at radius 1 is 1.40 bits per heavy atom. The number of aliphatic hydroxyl groups excluding tert-OH is 1. The highest BCUT2D eigenvalue weighted by Crippen LogP contribution is 2.03. The molecule has 15 heavy (non-hydrogen) atoms. The Kier molecular flexibility index (Phi) is 8.33. The first-order valence-corrected chi connectivity index (χ1v) is 5.71. The van der Waals surface area contributed by atoms with Crippen molar-refractivity contribution in [2.45, 2.75) is 39.7 Å². The second-order valence-corrected chi connectivity index (χ2v) is 4.19. The first kappa shape index (κ1) is 14.4. The van der Waals surface area contributed by atoms with Gasteiger partial charge in [0, 0.05) is 19.5 Å². The number of aliphatic hydroxyl groups is 1. The Morgan fingerprint density at radius 3 is 2.60 bits per heavy atom. The quantitative estimate of drug-likeness (QED) is 0.518. The molecule has 0 aliphatic carbocycles. The summed E-state index contributed by atoms with van der Waals surface area (Å²) in [6.07, 6.45) is 0.781. The number of carbonyl (C=O) groups is 1. The van der Waals surface area contributed by atoms with Gasteiger partial charge in [-0.2, -0.15) is 0 Å². The van der Waals surface area contributed by atoms with Crippen LogP contribution in [0.1, 0.15) is 33.6 Å². The van der Waals surface area contributed by atoms with E-state index in [9.17, 15) is 9.90 Å². The van der Waals surface area contributed by atoms with Crippen molar-refractivity contribution in [3.05, 3.63) is 0 Å². The normalized spacial score (nSPS) is 12.9. The number of hydrogen-bond acceptors (Lipinski definition) is 3. The van der Waals surface area contributed by atoms with Crippen molar-refractivity contribution in [3.8, 4) is 0 Å². The van der Waals surface area contributed by atoms with E-state index in [0.717, 1.165) is 13.0 Å². The summed E-state index contributed by atoms with van der Waals surface area (Å²) in [6, 6.07) is 0. The van der Waals surface area contributed by atoms with Gasteiger partial charge in [0.25, 0.3) is 0 Å². The smallest absolute Gasteiger partial charge is 0.221 e. The summed E-state index contributed by atoms with van der Waals surface area (Å²) in [7, 11) is 0. The highest BCUT2D eigenvalue weighted by Gasteiger charge is 2.08. The molecule has 90 valence electrons. The Hall–Kier alpha value is -0.610. The lowest BCUT2D eigenvalue weighted by molar-refractivity contribution is -0.121. The number of carbonyl (C=O) groups excluding carboxylic acids is 1. The zero-order chi connectivity index (χ0) is 11.7. The molecule has 0 saturated heterocycles. The van der Waals surface area contributed by atoms with E-state index in [4.69, 9.17) is 0 Å². The topological polar surface area (TPSA) is 61.4 Å². The summed E-state index contributed by atoms with van der Waals surface area (Å²) in [4.78, 5) is 11.2. The van der Waals surface area contributed by atoms with Gasteiger partial charge in [0.15, 0.2) is 0 Å². The summed E-state index contributed by atoms with van der Waals surface area (Å²) in [5, 5.41) is 15.3. The van der Waals surface area contributed by atoms with Crippen molar-refractivity contribution in [2.24, 2.45) is 5.92 Å². The van der Waals surface area contributed by atoms with E-state index in [0.29, 0.717) is 25.4 Å². The highest BCUT2D eigenvalue weighted by molar-refractivity contribution is 5.76. The Morgan fingerprint density at radius 2 is 2.07 bits per heavy atom. The lowest BCUT2D eigenvalue weighted by Crippen LogP contribution is -2.34. The van der Waals surface area contributed by atoms with Crippen molar-refractivity contribution in [1.29, 1.82) is 0 Å². The zero-order valence-electron chi connectivity index (χ0n) is 10.0. The average molecular weight is 216 g/mol. The maximum absolute atomic E-state index is 11.2. The van der Waals surface area contributed by atoms with Crippen LogP contribution in [0.5, 0.6) is 0 Å². The molecule has 1 unspecified atom stereocenters. The summed E-state index contributed by atoms with van der Waals surface area (Å²) in [5.41, 5.74) is 0. The molecule has 1 amide bonds. The van der Waals surface area contributed by atoms with Crippen LogP contribution in [-0.2, 0) is 4.79 Å². The van der Waals surface area contributed by atoms with Crippen LogP contribution in [0.25, 0.3) is 0 Å². The minimum absolute atomic E-state index is 0.00115. The van der Waals surface area contributed by atoms with Gasteiger partial charge in [-0.3, -0.25) is 4.79 Å². The highest BCUT2D eigenvalue weighted by atomic mass is 16.3. The van der Waals surface area contributed by atoms with E-state index in [1.807, 2.05) is 6.92 Å². The molecule has 0 aliphatic rings. The lowest BCUT2D eigenvalue weighted by Gasteiger charge is -2.13. The Labute approximate surface area is 92.4 Å². The number of amides is 1. The number of nitrogens with one attached hydrogen (secondary N) is 2. The zero-order valence-corrected chi connectivity index (χ0v) is 10.0. The molecular weight excluding hydrogens is 192 g/mol. The van der Waals surface area contributed by atoms with Crippen molar-refractivity contribution in [1.82, 2.24) is 10.6 Å². The lowest BCUT2D eigenvalue weighted by atomic mass is 10.1. The Balaban J connectivity index is 3.44. The second-order valence-electron chi connectivity index (χ2n) is 4.19. The molecule has 0 radical (unpaired) electrons. The fraction of sp³-hybridized carbons (Fsp3) is 0.909. The third-order valence-electron chi connectivity index (χ3n) is 2.06. The van der Waals surface area contributed by atoms with Crippen LogP contribution in [0.15, 0.2) is 0 Å². The van der Waals surface area contributed by atoms with Crippen LogP contribution in [-0.4, -0.2) is 36.8 Å². The SMILES string of the molecule is CCNCCC(=O)NCC(O)CC(C)C. The summed E-state index contributed by atoms with van der Waals surface area (Å²) in [6.45, 7) is 8.05. The number of rotatable bonds is 8. The molecule has 0 fully saturated rings. The molecule has 0 aromatic rings. The molecule has 4 nitrogen and oxygen atoms in total. The van der Waals surface area contributed by atoms with Crippen molar-refractivity contribution in [3.63, 3.8) is 0 Å². The van der Waals surface area contributed by atoms with E-state index >= 15 is 0 Å². The monoisotopic (exact) mass is 216 g/mol. The molecule has 0 spiro atoms. The van der Waals surface area contributed by atoms with Crippen LogP contribution in [0, 0.1) is 5.92 Å². The first-order valence-electron chi connectivity index (χ1n) is 5.71. The van der Waals surface area contributed by atoms with Crippen LogP contribution >= 0.6 is 0 Å². The van der Waals surface area contributed by atoms with E-state index in [2.05, 4.69) is 24.5 Å². The third-order valence-corrected chi connectivity index (χ3v) is 2.06. The van der Waals surface area contributed by atoms with Gasteiger partial charge in [0.1, 0.15) is 0 Å². The molecule has 0 aliphatic heterocycles. The van der Waals surface area contributed by atoms with Gasteiger partial charge >= 0.3 is 0 Å². The van der Waals surface area contributed by atoms with Crippen LogP contribution in [0.3, 0.4) is 0 Å². The van der Waals surface area contributed by atoms with Gasteiger partial charge in [-0.05, 0) is 18.9 Å². The van der Waals surface area contributed by atoms with Gasteiger partial charge in [0.2, 0.25) is 5.91 Å². The van der Waals surface area contributed by atoms with Crippen LogP contribution in [0.2, 0.25) is 0 Å². The van der Waals surface area contributed by atoms with Gasteiger partial charge in [0.05, 0.1) is 6.10 Å². The van der Waals surface area contributed by atoms with Crippen molar-refractivity contribution in [2.75, 3.05) is 19.6 Å². The summed E-state index contributed by atoms with van der Waals surface area (Å²) in [5.74, 6) is 0.456. The predicted molar refractivity (Wildman–Crippen MR) is 61.6 cm³/mol. The van der Waals surface area contributed by atoms with Crippen molar-refractivity contribution >= 4 is 5.91 Å². The fourth-order valence-electron chi connectivity index (χ4n) is 1.33. The molecule has 0 rings (SSSR count). The number of hydrogen-bond donors (Lipinski definition) is 3. The minimum Gasteiger partial charge on any atom is -0.391 e. The second kappa shape index (κ2) is 8.68. The van der Waals surface area contributed by atoms with Crippen LogP contribution in [0.4, 0.5) is 0 Å². The molecule has 3 N–H and O–H groups in total. The van der Waals surface area contributed by atoms with Gasteiger partial charge in [-0.1, -0.05) is 20.8 Å². The standard InChI is InChI=1S/C11H24N2O2/c1-4-12-6-5-11(15)13-8-10(14)7-9(2)3/h9-10,12,14H,4-8H2,1-3H3,(H,13,15). The summed E-state index contributed by atoms with van der Waals surface area (Å²) < 4.78 is 0. The van der Waals surface area contributed by atoms with E-state index in [1.54, 1.807) is 0 Å². The average Bonchev–Trinajstić information content (AvgIpc) is 2.14. The van der Waals surface area contributed by atoms with Crippen LogP contribution < -0.4 is 10.6 Å². The largest absolute Gasteiger partial charge is 0.391 e. The maximum atomic E-state index is 11.2. The third kappa shape index (κ3) is 9.69. The molecule has 4 heteroatoms. The fourth-order valence-corrected chi connectivity index (χ4v) is 1.33. The molecular formula is C11H24N2O2. The first-order chi connectivity index (χ1) is 7.06. The molecule has 0 saturated carbocycles. The predicted octanol–water partition coefficient (Wildman–Crippen LogP) is 0.509. The Bertz CT molecular complexity index is 172. The molecule has 0 aromatic heterocycles. The molecule has 1 atom stereocenters.